The van der Waals surface area contributed by atoms with Crippen LogP contribution < -0.4 is 10.5 Å². The Morgan fingerprint density at radius 3 is 2.82 bits per heavy atom. The van der Waals surface area contributed by atoms with E-state index in [0.717, 1.165) is 0 Å². The van der Waals surface area contributed by atoms with Crippen molar-refractivity contribution < 1.29 is 4.79 Å². The standard InChI is InChI=1S/C7H8BNOS/c8-7-2-1-6(11-7)5(10)3-4-9/h1-2H,3-4,9H2. The number of thiophene rings is 1. The van der Waals surface area contributed by atoms with Crippen molar-refractivity contribution >= 4 is 29.7 Å². The maximum absolute atomic E-state index is 11.1. The van der Waals surface area contributed by atoms with Gasteiger partial charge in [-0.3, -0.25) is 4.79 Å². The molecular formula is C7H8BNOS. The lowest BCUT2D eigenvalue weighted by molar-refractivity contribution is 0.0989. The van der Waals surface area contributed by atoms with E-state index in [-0.39, 0.29) is 5.78 Å². The molecule has 0 aliphatic carbocycles. The van der Waals surface area contributed by atoms with E-state index in [2.05, 4.69) is 0 Å². The van der Waals surface area contributed by atoms with Crippen molar-refractivity contribution in [1.29, 1.82) is 0 Å². The summed E-state index contributed by atoms with van der Waals surface area (Å²) in [6.07, 6.45) is 0.403. The number of ketones is 1. The van der Waals surface area contributed by atoms with Gasteiger partial charge in [0.15, 0.2) is 5.78 Å². The van der Waals surface area contributed by atoms with E-state index in [1.165, 1.54) is 11.3 Å². The minimum Gasteiger partial charge on any atom is -0.330 e. The molecule has 1 aromatic rings. The topological polar surface area (TPSA) is 43.1 Å². The van der Waals surface area contributed by atoms with Crippen molar-refractivity contribution in [1.82, 2.24) is 0 Å². The molecule has 0 aromatic carbocycles. The molecule has 2 nitrogen and oxygen atoms in total. The van der Waals surface area contributed by atoms with Crippen LogP contribution in [0.2, 0.25) is 0 Å². The Hall–Kier alpha value is -0.605. The smallest absolute Gasteiger partial charge is 0.174 e. The highest BCUT2D eigenvalue weighted by atomic mass is 32.1. The molecule has 0 saturated heterocycles. The molecule has 1 rings (SSSR count). The molecule has 0 aliphatic heterocycles. The van der Waals surface area contributed by atoms with E-state index in [0.29, 0.717) is 22.6 Å². The van der Waals surface area contributed by atoms with Gasteiger partial charge in [0, 0.05) is 6.42 Å². The second kappa shape index (κ2) is 3.69. The van der Waals surface area contributed by atoms with E-state index in [1.54, 1.807) is 12.1 Å². The molecule has 0 amide bonds. The molecule has 0 fully saturated rings. The molecule has 56 valence electrons. The van der Waals surface area contributed by atoms with Gasteiger partial charge in [-0.2, -0.15) is 0 Å². The van der Waals surface area contributed by atoms with Crippen LogP contribution in [0.3, 0.4) is 0 Å². The van der Waals surface area contributed by atoms with Crippen LogP contribution in [-0.4, -0.2) is 20.2 Å². The molecular weight excluding hydrogens is 157 g/mol. The van der Waals surface area contributed by atoms with Crippen molar-refractivity contribution in [3.05, 3.63) is 17.0 Å². The highest BCUT2D eigenvalue weighted by molar-refractivity contribution is 7.21. The fourth-order valence-electron chi connectivity index (χ4n) is 0.757. The lowest BCUT2D eigenvalue weighted by Crippen LogP contribution is -2.06. The Kier molecular flexibility index (Phi) is 2.85. The Balaban J connectivity index is 2.69. The van der Waals surface area contributed by atoms with E-state index in [9.17, 15) is 4.79 Å². The third-order valence-electron chi connectivity index (χ3n) is 1.27. The summed E-state index contributed by atoms with van der Waals surface area (Å²) in [6, 6.07) is 3.46. The summed E-state index contributed by atoms with van der Waals surface area (Å²) in [6.45, 7) is 0.399. The van der Waals surface area contributed by atoms with Gasteiger partial charge in [0.05, 0.1) is 4.88 Å². The van der Waals surface area contributed by atoms with Gasteiger partial charge in [-0.1, -0.05) is 6.07 Å². The first kappa shape index (κ1) is 8.49. The monoisotopic (exact) mass is 165 g/mol. The number of carbonyl (C=O) groups excluding carboxylic acids is 1. The normalized spacial score (nSPS) is 9.91. The maximum atomic E-state index is 11.1. The van der Waals surface area contributed by atoms with E-state index >= 15 is 0 Å². The molecule has 0 atom stereocenters. The van der Waals surface area contributed by atoms with Crippen LogP contribution in [0.1, 0.15) is 16.1 Å². The zero-order valence-corrected chi connectivity index (χ0v) is 6.86. The predicted molar refractivity (Wildman–Crippen MR) is 47.7 cm³/mol. The van der Waals surface area contributed by atoms with Crippen molar-refractivity contribution in [3.63, 3.8) is 0 Å². The molecule has 0 saturated carbocycles. The summed E-state index contributed by atoms with van der Waals surface area (Å²) >= 11 is 1.31. The molecule has 11 heavy (non-hydrogen) atoms. The van der Waals surface area contributed by atoms with Gasteiger partial charge in [0.2, 0.25) is 0 Å². The number of rotatable bonds is 3. The van der Waals surface area contributed by atoms with Gasteiger partial charge in [0.25, 0.3) is 0 Å². The third kappa shape index (κ3) is 2.17. The molecule has 2 radical (unpaired) electrons. The predicted octanol–water partition coefficient (Wildman–Crippen LogP) is 0.0734. The van der Waals surface area contributed by atoms with Gasteiger partial charge in [-0.25, -0.2) is 0 Å². The largest absolute Gasteiger partial charge is 0.330 e. The first-order chi connectivity index (χ1) is 5.24. The average molecular weight is 165 g/mol. The third-order valence-corrected chi connectivity index (χ3v) is 2.23. The van der Waals surface area contributed by atoms with Crippen LogP contribution in [0.25, 0.3) is 0 Å². The minimum atomic E-state index is 0.0780. The molecule has 0 bridgehead atoms. The fraction of sp³-hybridized carbons (Fsp3) is 0.286. The quantitative estimate of drug-likeness (QED) is 0.508. The number of hydrogen-bond acceptors (Lipinski definition) is 3. The summed E-state index contributed by atoms with van der Waals surface area (Å²) < 4.78 is 0.672. The first-order valence-corrected chi connectivity index (χ1v) is 4.14. The van der Waals surface area contributed by atoms with Gasteiger partial charge in [0.1, 0.15) is 7.85 Å². The summed E-state index contributed by atoms with van der Waals surface area (Å²) in [5.74, 6) is 0.0780. The SMILES string of the molecule is [B]c1ccc(C(=O)CCN)s1. The molecule has 1 aromatic heterocycles. The highest BCUT2D eigenvalue weighted by Crippen LogP contribution is 2.07. The Morgan fingerprint density at radius 2 is 2.36 bits per heavy atom. The Morgan fingerprint density at radius 1 is 1.64 bits per heavy atom. The summed E-state index contributed by atoms with van der Waals surface area (Å²) in [4.78, 5) is 11.8. The van der Waals surface area contributed by atoms with E-state index < -0.39 is 0 Å². The second-order valence-electron chi connectivity index (χ2n) is 2.16. The average Bonchev–Trinajstić information content (AvgIpc) is 2.36. The molecule has 0 spiro atoms. The number of carbonyl (C=O) groups is 1. The summed E-state index contributed by atoms with van der Waals surface area (Å²) in [5, 5.41) is 0. The van der Waals surface area contributed by atoms with Crippen molar-refractivity contribution in [2.75, 3.05) is 6.54 Å². The molecule has 2 N–H and O–H groups in total. The molecule has 1 heterocycles. The van der Waals surface area contributed by atoms with Gasteiger partial charge in [-0.05, 0) is 17.4 Å². The van der Waals surface area contributed by atoms with Crippen molar-refractivity contribution in [2.24, 2.45) is 5.73 Å². The van der Waals surface area contributed by atoms with Crippen molar-refractivity contribution in [3.8, 4) is 0 Å². The minimum absolute atomic E-state index is 0.0780. The van der Waals surface area contributed by atoms with E-state index in [4.69, 9.17) is 13.6 Å². The molecule has 0 aliphatic rings. The number of nitrogens with two attached hydrogens (primary N) is 1. The van der Waals surface area contributed by atoms with Crippen LogP contribution in [-0.2, 0) is 0 Å². The zero-order chi connectivity index (χ0) is 8.27. The number of hydrogen-bond donors (Lipinski definition) is 1. The molecule has 0 unspecified atom stereocenters. The Labute approximate surface area is 70.8 Å². The van der Waals surface area contributed by atoms with E-state index in [1.807, 2.05) is 0 Å². The summed E-state index contributed by atoms with van der Waals surface area (Å²) in [5.41, 5.74) is 5.23. The zero-order valence-electron chi connectivity index (χ0n) is 6.04. The van der Waals surface area contributed by atoms with Crippen LogP contribution >= 0.6 is 11.3 Å². The van der Waals surface area contributed by atoms with Crippen LogP contribution in [0.4, 0.5) is 0 Å². The Bertz CT molecular complexity index is 259. The molecule has 4 heteroatoms. The maximum Gasteiger partial charge on any atom is 0.174 e. The lowest BCUT2D eigenvalue weighted by Gasteiger charge is -1.91. The van der Waals surface area contributed by atoms with Gasteiger partial charge in [-0.15, -0.1) is 11.3 Å². The van der Waals surface area contributed by atoms with Crippen molar-refractivity contribution in [2.45, 2.75) is 6.42 Å². The van der Waals surface area contributed by atoms with Crippen LogP contribution in [0.5, 0.6) is 0 Å². The first-order valence-electron chi connectivity index (χ1n) is 3.32. The fourth-order valence-corrected chi connectivity index (χ4v) is 1.50. The summed E-state index contributed by atoms with van der Waals surface area (Å²) in [7, 11) is 5.45. The van der Waals surface area contributed by atoms with Gasteiger partial charge < -0.3 is 5.73 Å². The van der Waals surface area contributed by atoms with Crippen LogP contribution in [0, 0.1) is 0 Å². The second-order valence-corrected chi connectivity index (χ2v) is 3.28. The highest BCUT2D eigenvalue weighted by Gasteiger charge is 2.05. The van der Waals surface area contributed by atoms with Crippen LogP contribution in [0.15, 0.2) is 12.1 Å². The number of Topliss-reactive ketones (excluding diaryl/α,β-unsaturated/α-hetero) is 1. The van der Waals surface area contributed by atoms with Gasteiger partial charge >= 0.3 is 0 Å². The lowest BCUT2D eigenvalue weighted by atomic mass is 10.1.